The molecule has 26 heavy (non-hydrogen) atoms. The molecule has 2 aromatic carbocycles. The third-order valence-corrected chi connectivity index (χ3v) is 4.44. The Balaban J connectivity index is 1.60. The van der Waals surface area contributed by atoms with E-state index in [-0.39, 0.29) is 30.0 Å². The lowest BCUT2D eigenvalue weighted by molar-refractivity contribution is -0.130. The van der Waals surface area contributed by atoms with Crippen molar-refractivity contribution in [1.82, 2.24) is 15.0 Å². The molecule has 1 saturated heterocycles. The van der Waals surface area contributed by atoms with Crippen molar-refractivity contribution >= 4 is 5.91 Å². The summed E-state index contributed by atoms with van der Waals surface area (Å²) in [4.78, 5) is 18.1. The van der Waals surface area contributed by atoms with Crippen LogP contribution in [0.5, 0.6) is 0 Å². The van der Waals surface area contributed by atoms with Crippen molar-refractivity contribution in [1.29, 1.82) is 0 Å². The topological polar surface area (TPSA) is 59.2 Å². The quantitative estimate of drug-likeness (QED) is 0.713. The lowest BCUT2D eigenvalue weighted by Crippen LogP contribution is -2.27. The number of carbonyl (C=O) groups excluding carboxylic acids is 1. The molecule has 3 aromatic rings. The molecule has 0 bridgehead atoms. The lowest BCUT2D eigenvalue weighted by Gasteiger charge is -2.22. The summed E-state index contributed by atoms with van der Waals surface area (Å²) < 4.78 is 32.6. The summed E-state index contributed by atoms with van der Waals surface area (Å²) in [6, 6.07) is 11.8. The number of rotatable bonds is 4. The van der Waals surface area contributed by atoms with E-state index < -0.39 is 11.9 Å². The first kappa shape index (κ1) is 16.4. The molecule has 2 heterocycles. The molecule has 0 N–H and O–H groups in total. The Labute approximate surface area is 148 Å². The van der Waals surface area contributed by atoms with Gasteiger partial charge in [0.1, 0.15) is 17.7 Å². The third-order valence-electron chi connectivity index (χ3n) is 4.44. The Morgan fingerprint density at radius 2 is 2.00 bits per heavy atom. The van der Waals surface area contributed by atoms with E-state index in [0.29, 0.717) is 24.0 Å². The molecule has 1 fully saturated rings. The van der Waals surface area contributed by atoms with Gasteiger partial charge < -0.3 is 9.42 Å². The fraction of sp³-hybridized carbons (Fsp3) is 0.211. The molecule has 4 rings (SSSR count). The van der Waals surface area contributed by atoms with Gasteiger partial charge in [0.25, 0.3) is 0 Å². The Bertz CT molecular complexity index is 957. The van der Waals surface area contributed by atoms with Crippen LogP contribution < -0.4 is 0 Å². The first-order valence-electron chi connectivity index (χ1n) is 8.24. The molecule has 7 heteroatoms. The molecule has 0 aliphatic carbocycles. The average molecular weight is 355 g/mol. The monoisotopic (exact) mass is 355 g/mol. The first-order valence-corrected chi connectivity index (χ1v) is 8.24. The second kappa shape index (κ2) is 6.67. The van der Waals surface area contributed by atoms with Crippen LogP contribution in [0.25, 0.3) is 11.4 Å². The third kappa shape index (κ3) is 3.08. The van der Waals surface area contributed by atoms with Gasteiger partial charge in [0.2, 0.25) is 17.6 Å². The van der Waals surface area contributed by atoms with Gasteiger partial charge in [-0.3, -0.25) is 4.79 Å². The van der Waals surface area contributed by atoms with E-state index >= 15 is 0 Å². The lowest BCUT2D eigenvalue weighted by atomic mass is 10.1. The van der Waals surface area contributed by atoms with Crippen LogP contribution in [0.3, 0.4) is 0 Å². The zero-order valence-corrected chi connectivity index (χ0v) is 13.7. The van der Waals surface area contributed by atoms with E-state index in [9.17, 15) is 13.6 Å². The molecule has 1 aromatic heterocycles. The number of hydrogen-bond acceptors (Lipinski definition) is 4. The summed E-state index contributed by atoms with van der Waals surface area (Å²) >= 11 is 0. The molecule has 0 saturated carbocycles. The van der Waals surface area contributed by atoms with Crippen LogP contribution in [-0.4, -0.2) is 20.9 Å². The summed E-state index contributed by atoms with van der Waals surface area (Å²) in [5.74, 6) is -0.331. The standard InChI is InChI=1S/C19H15F2N3O2/c20-14-6-3-5-12(10-14)18-22-19(26-23-18)16-8-9-17(25)24(16)11-13-4-1-2-7-15(13)21/h1-7,10,16H,8-9,11H2. The van der Waals surface area contributed by atoms with Gasteiger partial charge in [0.05, 0.1) is 0 Å². The number of hydrogen-bond donors (Lipinski definition) is 0. The van der Waals surface area contributed by atoms with Crippen LogP contribution in [0, 0.1) is 11.6 Å². The van der Waals surface area contributed by atoms with Crippen molar-refractivity contribution in [3.63, 3.8) is 0 Å². The summed E-state index contributed by atoms with van der Waals surface area (Å²) in [6.07, 6.45) is 0.842. The minimum Gasteiger partial charge on any atom is -0.337 e. The number of nitrogens with zero attached hydrogens (tertiary/aromatic N) is 3. The number of amides is 1. The Kier molecular flexibility index (Phi) is 4.20. The first-order chi connectivity index (χ1) is 12.6. The van der Waals surface area contributed by atoms with E-state index in [1.54, 1.807) is 35.2 Å². The molecule has 1 atom stereocenters. The fourth-order valence-corrected chi connectivity index (χ4v) is 3.11. The molecule has 1 unspecified atom stereocenters. The highest BCUT2D eigenvalue weighted by Gasteiger charge is 2.36. The summed E-state index contributed by atoms with van der Waals surface area (Å²) in [5, 5.41) is 3.89. The van der Waals surface area contributed by atoms with Crippen LogP contribution in [0.15, 0.2) is 53.1 Å². The van der Waals surface area contributed by atoms with E-state index in [1.165, 1.54) is 18.2 Å². The molecule has 0 spiro atoms. The van der Waals surface area contributed by atoms with Crippen molar-refractivity contribution in [2.45, 2.75) is 25.4 Å². The number of halogens is 2. The molecule has 1 amide bonds. The molecule has 5 nitrogen and oxygen atoms in total. The highest BCUT2D eigenvalue weighted by Crippen LogP contribution is 2.34. The van der Waals surface area contributed by atoms with Gasteiger partial charge >= 0.3 is 0 Å². The molecular formula is C19H15F2N3O2. The van der Waals surface area contributed by atoms with Crippen LogP contribution in [0.4, 0.5) is 8.78 Å². The van der Waals surface area contributed by atoms with Crippen LogP contribution in [0.2, 0.25) is 0 Å². The SMILES string of the molecule is O=C1CCC(c2nc(-c3cccc(F)c3)no2)N1Cc1ccccc1F. The maximum absolute atomic E-state index is 13.9. The smallest absolute Gasteiger partial charge is 0.249 e. The maximum Gasteiger partial charge on any atom is 0.249 e. The fourth-order valence-electron chi connectivity index (χ4n) is 3.11. The van der Waals surface area contributed by atoms with E-state index in [0.717, 1.165) is 0 Å². The predicted molar refractivity (Wildman–Crippen MR) is 88.6 cm³/mol. The van der Waals surface area contributed by atoms with E-state index in [4.69, 9.17) is 4.52 Å². The van der Waals surface area contributed by atoms with Gasteiger partial charge in [0.15, 0.2) is 0 Å². The van der Waals surface area contributed by atoms with E-state index in [2.05, 4.69) is 10.1 Å². The number of likely N-dealkylation sites (tertiary alicyclic amines) is 1. The minimum atomic E-state index is -0.420. The predicted octanol–water partition coefficient (Wildman–Crippen LogP) is 3.88. The highest BCUT2D eigenvalue weighted by atomic mass is 19.1. The summed E-state index contributed by atoms with van der Waals surface area (Å²) in [5.41, 5.74) is 0.919. The number of benzene rings is 2. The molecule has 1 aliphatic rings. The van der Waals surface area contributed by atoms with Gasteiger partial charge in [-0.2, -0.15) is 4.98 Å². The zero-order chi connectivity index (χ0) is 18.1. The van der Waals surface area contributed by atoms with E-state index in [1.807, 2.05) is 0 Å². The van der Waals surface area contributed by atoms with Gasteiger partial charge in [-0.05, 0) is 24.6 Å². The van der Waals surface area contributed by atoms with Crippen molar-refractivity contribution < 1.29 is 18.1 Å². The molecule has 1 aliphatic heterocycles. The summed E-state index contributed by atoms with van der Waals surface area (Å²) in [6.45, 7) is 0.133. The highest BCUT2D eigenvalue weighted by molar-refractivity contribution is 5.78. The normalized spacial score (nSPS) is 17.1. The largest absolute Gasteiger partial charge is 0.337 e. The van der Waals surface area contributed by atoms with Crippen molar-refractivity contribution in [2.24, 2.45) is 0 Å². The zero-order valence-electron chi connectivity index (χ0n) is 13.7. The Morgan fingerprint density at radius 3 is 2.81 bits per heavy atom. The minimum absolute atomic E-state index is 0.0937. The summed E-state index contributed by atoms with van der Waals surface area (Å²) in [7, 11) is 0. The molecular weight excluding hydrogens is 340 g/mol. The van der Waals surface area contributed by atoms with Crippen molar-refractivity contribution in [2.75, 3.05) is 0 Å². The molecule has 132 valence electrons. The Hall–Kier alpha value is -3.09. The Morgan fingerprint density at radius 1 is 1.15 bits per heavy atom. The second-order valence-corrected chi connectivity index (χ2v) is 6.13. The van der Waals surface area contributed by atoms with Gasteiger partial charge in [-0.1, -0.05) is 35.5 Å². The van der Waals surface area contributed by atoms with Gasteiger partial charge in [-0.15, -0.1) is 0 Å². The van der Waals surface area contributed by atoms with Crippen molar-refractivity contribution in [3.8, 4) is 11.4 Å². The number of aromatic nitrogens is 2. The second-order valence-electron chi connectivity index (χ2n) is 6.13. The van der Waals surface area contributed by atoms with Gasteiger partial charge in [-0.25, -0.2) is 8.78 Å². The van der Waals surface area contributed by atoms with Crippen LogP contribution in [0.1, 0.15) is 30.3 Å². The molecule has 0 radical (unpaired) electrons. The number of carbonyl (C=O) groups is 1. The van der Waals surface area contributed by atoms with Gasteiger partial charge in [0, 0.05) is 24.1 Å². The van der Waals surface area contributed by atoms with Crippen LogP contribution in [-0.2, 0) is 11.3 Å². The van der Waals surface area contributed by atoms with Crippen molar-refractivity contribution in [3.05, 3.63) is 71.6 Å². The maximum atomic E-state index is 13.9. The van der Waals surface area contributed by atoms with Crippen LogP contribution >= 0.6 is 0 Å². The average Bonchev–Trinajstić information content (AvgIpc) is 3.25.